The fourth-order valence-electron chi connectivity index (χ4n) is 1.90. The Morgan fingerprint density at radius 2 is 2.18 bits per heavy atom. The molecule has 0 saturated heterocycles. The number of nitrogens with one attached hydrogen (secondary N) is 1. The molecule has 8 heteroatoms. The minimum atomic E-state index is -0.752. The minimum absolute atomic E-state index is 0.0398. The molecule has 0 atom stereocenters. The van der Waals surface area contributed by atoms with Gasteiger partial charge in [-0.05, 0) is 24.5 Å². The van der Waals surface area contributed by atoms with Gasteiger partial charge in [0.2, 0.25) is 0 Å². The number of rotatable bonds is 3. The van der Waals surface area contributed by atoms with Gasteiger partial charge < -0.3 is 0 Å². The summed E-state index contributed by atoms with van der Waals surface area (Å²) in [6, 6.07) is 5.24. The molecule has 22 heavy (non-hydrogen) atoms. The molecule has 1 amide bonds. The van der Waals surface area contributed by atoms with Gasteiger partial charge in [0.25, 0.3) is 5.91 Å². The van der Waals surface area contributed by atoms with Crippen LogP contribution in [0.1, 0.15) is 10.4 Å². The van der Waals surface area contributed by atoms with E-state index in [0.717, 1.165) is 17.4 Å². The lowest BCUT2D eigenvalue weighted by Crippen LogP contribution is -2.13. The number of pyridine rings is 1. The number of hydrogen-bond donors (Lipinski definition) is 1. The number of thiazole rings is 1. The van der Waals surface area contributed by atoms with Gasteiger partial charge in [-0.2, -0.15) is 0 Å². The van der Waals surface area contributed by atoms with Crippen LogP contribution in [0, 0.1) is 11.6 Å². The van der Waals surface area contributed by atoms with Gasteiger partial charge in [0.05, 0.1) is 10.3 Å². The Morgan fingerprint density at radius 3 is 2.95 bits per heavy atom. The number of anilines is 1. The molecule has 0 spiro atoms. The summed E-state index contributed by atoms with van der Waals surface area (Å²) in [4.78, 5) is 20.4. The number of hydrogen-bond acceptors (Lipinski definition) is 5. The van der Waals surface area contributed by atoms with Crippen molar-refractivity contribution in [1.82, 2.24) is 9.97 Å². The average molecular weight is 337 g/mol. The maximum atomic E-state index is 13.6. The number of nitrogens with zero attached hydrogens (tertiary/aromatic N) is 2. The van der Waals surface area contributed by atoms with Crippen LogP contribution in [-0.2, 0) is 0 Å². The number of benzene rings is 1. The fraction of sp³-hybridized carbons (Fsp3) is 0.0714. The van der Waals surface area contributed by atoms with Crippen molar-refractivity contribution >= 4 is 44.4 Å². The van der Waals surface area contributed by atoms with Crippen molar-refractivity contribution in [3.63, 3.8) is 0 Å². The predicted octanol–water partition coefficient (Wildman–Crippen LogP) is 3.94. The molecule has 112 valence electrons. The van der Waals surface area contributed by atoms with Gasteiger partial charge in [-0.3, -0.25) is 10.1 Å². The highest BCUT2D eigenvalue weighted by molar-refractivity contribution is 7.98. The molecular formula is C14H9F2N3OS2. The van der Waals surface area contributed by atoms with Crippen LogP contribution in [0.15, 0.2) is 35.5 Å². The molecule has 0 aliphatic carbocycles. The van der Waals surface area contributed by atoms with E-state index in [2.05, 4.69) is 15.3 Å². The molecule has 1 N–H and O–H groups in total. The van der Waals surface area contributed by atoms with Crippen molar-refractivity contribution in [1.29, 1.82) is 0 Å². The Labute approximate surface area is 132 Å². The molecule has 0 aliphatic heterocycles. The summed E-state index contributed by atoms with van der Waals surface area (Å²) in [5.74, 6) is -1.82. The standard InChI is InChI=1S/C14H9F2N3OS2/c1-21-13-8(3-2-4-17-13)12(20)19-14-18-11-9(16)5-7(15)6-10(11)22-14/h2-6H,1H3,(H,18,19,20). The van der Waals surface area contributed by atoms with Gasteiger partial charge >= 0.3 is 0 Å². The lowest BCUT2D eigenvalue weighted by Gasteiger charge is -2.04. The van der Waals surface area contributed by atoms with Crippen LogP contribution in [0.4, 0.5) is 13.9 Å². The predicted molar refractivity (Wildman–Crippen MR) is 83.5 cm³/mol. The Balaban J connectivity index is 1.93. The zero-order valence-electron chi connectivity index (χ0n) is 11.3. The molecule has 2 aromatic heterocycles. The second-order valence-corrected chi connectivity index (χ2v) is 6.09. The summed E-state index contributed by atoms with van der Waals surface area (Å²) in [6.45, 7) is 0. The zero-order chi connectivity index (χ0) is 15.7. The summed E-state index contributed by atoms with van der Waals surface area (Å²) in [5, 5.41) is 3.39. The maximum absolute atomic E-state index is 13.6. The Hall–Kier alpha value is -2.06. The molecule has 0 saturated carbocycles. The quantitative estimate of drug-likeness (QED) is 0.736. The second kappa shape index (κ2) is 5.98. The number of carbonyl (C=O) groups is 1. The zero-order valence-corrected chi connectivity index (χ0v) is 12.9. The number of halogens is 2. The fourth-order valence-corrected chi connectivity index (χ4v) is 3.35. The van der Waals surface area contributed by atoms with Gasteiger partial charge in [-0.25, -0.2) is 18.7 Å². The summed E-state index contributed by atoms with van der Waals surface area (Å²) in [5.41, 5.74) is 0.443. The van der Waals surface area contributed by atoms with E-state index in [1.165, 1.54) is 17.8 Å². The van der Waals surface area contributed by atoms with Crippen LogP contribution in [0.2, 0.25) is 0 Å². The third kappa shape index (κ3) is 2.79. The number of thioether (sulfide) groups is 1. The van der Waals surface area contributed by atoms with Crippen molar-refractivity contribution in [3.05, 3.63) is 47.7 Å². The van der Waals surface area contributed by atoms with E-state index in [9.17, 15) is 13.6 Å². The van der Waals surface area contributed by atoms with E-state index >= 15 is 0 Å². The summed E-state index contributed by atoms with van der Waals surface area (Å²) >= 11 is 2.36. The van der Waals surface area contributed by atoms with Crippen molar-refractivity contribution in [2.24, 2.45) is 0 Å². The first-order valence-corrected chi connectivity index (χ1v) is 8.18. The summed E-state index contributed by atoms with van der Waals surface area (Å²) < 4.78 is 27.1. The number of fused-ring (bicyclic) bond motifs is 1. The van der Waals surface area contributed by atoms with Crippen LogP contribution in [0.3, 0.4) is 0 Å². The molecule has 0 bridgehead atoms. The van der Waals surface area contributed by atoms with E-state index in [0.29, 0.717) is 15.3 Å². The lowest BCUT2D eigenvalue weighted by atomic mass is 10.3. The molecule has 3 rings (SSSR count). The Kier molecular flexibility index (Phi) is 4.04. The first-order valence-electron chi connectivity index (χ1n) is 6.14. The van der Waals surface area contributed by atoms with Crippen LogP contribution in [0.5, 0.6) is 0 Å². The number of carbonyl (C=O) groups excluding carboxylic acids is 1. The Morgan fingerprint density at radius 1 is 1.36 bits per heavy atom. The second-order valence-electron chi connectivity index (χ2n) is 4.27. The Bertz CT molecular complexity index is 866. The third-order valence-corrected chi connectivity index (χ3v) is 4.47. The van der Waals surface area contributed by atoms with Gasteiger partial charge in [-0.1, -0.05) is 11.3 Å². The molecule has 0 unspecified atom stereocenters. The smallest absolute Gasteiger partial charge is 0.260 e. The van der Waals surface area contributed by atoms with Gasteiger partial charge in [-0.15, -0.1) is 11.8 Å². The average Bonchev–Trinajstić information content (AvgIpc) is 2.89. The van der Waals surface area contributed by atoms with E-state index in [1.807, 2.05) is 6.26 Å². The van der Waals surface area contributed by atoms with Crippen LogP contribution in [-0.4, -0.2) is 22.1 Å². The third-order valence-electron chi connectivity index (χ3n) is 2.84. The first kappa shape index (κ1) is 14.9. The lowest BCUT2D eigenvalue weighted by molar-refractivity contribution is 0.102. The molecule has 2 heterocycles. The van der Waals surface area contributed by atoms with Crippen molar-refractivity contribution in [2.75, 3.05) is 11.6 Å². The van der Waals surface area contributed by atoms with Crippen molar-refractivity contribution in [2.45, 2.75) is 5.03 Å². The molecule has 0 fully saturated rings. The first-order chi connectivity index (χ1) is 10.6. The van der Waals surface area contributed by atoms with E-state index < -0.39 is 17.5 Å². The topological polar surface area (TPSA) is 54.9 Å². The molecule has 3 aromatic rings. The number of amides is 1. The van der Waals surface area contributed by atoms with Crippen LogP contribution >= 0.6 is 23.1 Å². The molecule has 1 aromatic carbocycles. The highest BCUT2D eigenvalue weighted by Crippen LogP contribution is 2.29. The monoisotopic (exact) mass is 337 g/mol. The highest BCUT2D eigenvalue weighted by Gasteiger charge is 2.15. The van der Waals surface area contributed by atoms with E-state index in [4.69, 9.17) is 0 Å². The van der Waals surface area contributed by atoms with Crippen LogP contribution < -0.4 is 5.32 Å². The van der Waals surface area contributed by atoms with Crippen molar-refractivity contribution < 1.29 is 13.6 Å². The van der Waals surface area contributed by atoms with Crippen molar-refractivity contribution in [3.8, 4) is 0 Å². The molecule has 4 nitrogen and oxygen atoms in total. The minimum Gasteiger partial charge on any atom is -0.298 e. The van der Waals surface area contributed by atoms with Gasteiger partial charge in [0.1, 0.15) is 16.4 Å². The normalized spacial score (nSPS) is 10.9. The summed E-state index contributed by atoms with van der Waals surface area (Å²) in [6.07, 6.45) is 3.41. The summed E-state index contributed by atoms with van der Waals surface area (Å²) in [7, 11) is 0. The molecule has 0 radical (unpaired) electrons. The van der Waals surface area contributed by atoms with E-state index in [-0.39, 0.29) is 10.6 Å². The SMILES string of the molecule is CSc1ncccc1C(=O)Nc1nc2c(F)cc(F)cc2s1. The molecule has 0 aliphatic rings. The van der Waals surface area contributed by atoms with Gasteiger partial charge in [0, 0.05) is 12.3 Å². The highest BCUT2D eigenvalue weighted by atomic mass is 32.2. The van der Waals surface area contributed by atoms with Crippen LogP contribution in [0.25, 0.3) is 10.2 Å². The maximum Gasteiger partial charge on any atom is 0.260 e. The largest absolute Gasteiger partial charge is 0.298 e. The van der Waals surface area contributed by atoms with Gasteiger partial charge in [0.15, 0.2) is 10.9 Å². The molecular weight excluding hydrogens is 328 g/mol. The number of aromatic nitrogens is 2. The van der Waals surface area contributed by atoms with E-state index in [1.54, 1.807) is 18.3 Å².